The third-order valence-corrected chi connectivity index (χ3v) is 13.8. The zero-order valence-corrected chi connectivity index (χ0v) is 49.8. The molecule has 14 nitrogen and oxygen atoms in total. The van der Waals surface area contributed by atoms with Crippen molar-refractivity contribution in [2.24, 2.45) is 31.7 Å². The Morgan fingerprint density at radius 2 is 1.08 bits per heavy atom. The van der Waals surface area contributed by atoms with Crippen molar-refractivity contribution >= 4 is 39.7 Å². The number of piperidine rings is 2. The number of aliphatic carboxylic acids is 1. The van der Waals surface area contributed by atoms with E-state index in [0.717, 1.165) is 90.1 Å². The molecule has 4 aromatic heterocycles. The van der Waals surface area contributed by atoms with Crippen LogP contribution in [0.25, 0.3) is 21.8 Å². The molecule has 0 spiro atoms. The Kier molecular flexibility index (Phi) is 25.5. The summed E-state index contributed by atoms with van der Waals surface area (Å²) < 4.78 is 6.58. The van der Waals surface area contributed by atoms with E-state index in [-0.39, 0.29) is 83.8 Å². The van der Waals surface area contributed by atoms with Crippen LogP contribution < -0.4 is 11.1 Å². The minimum Gasteiger partial charge on any atom is -0.481 e. The molecular formula is C59H72N10O4Y2-2. The van der Waals surface area contributed by atoms with E-state index in [2.05, 4.69) is 123 Å². The Balaban J connectivity index is 0.000000197. The number of nitrogens with two attached hydrogens (primary N) is 1. The molecular weight excluding hydrogens is 1090 g/mol. The molecule has 2 aliphatic rings. The SMILES string of the molecule is Cc1ccc2c(c1)c(CC(=O)NCCC1CCN(Cc3ccccc3)CC1)[c-]n2C.Cc1ccc2c(c1)c(CC(=O)O)[c-]n2C.NCCC1CCN(Cc2ccccc2)CC1.O=C(n1ccnc1)n1ccnc1.[Y].[Y]. The largest absolute Gasteiger partial charge is 0.481 e. The first-order chi connectivity index (χ1) is 35.4. The molecule has 390 valence electrons. The third kappa shape index (κ3) is 18.9. The Labute approximate surface area is 493 Å². The molecule has 2 radical (unpaired) electrons. The van der Waals surface area contributed by atoms with Gasteiger partial charge in [-0.1, -0.05) is 83.9 Å². The zero-order chi connectivity index (χ0) is 51.5. The first kappa shape index (κ1) is 60.9. The number of imidazole rings is 2. The van der Waals surface area contributed by atoms with E-state index in [9.17, 15) is 14.4 Å². The summed E-state index contributed by atoms with van der Waals surface area (Å²) in [5, 5.41) is 14.0. The minimum atomic E-state index is -0.819. The first-order valence-electron chi connectivity index (χ1n) is 25.6. The van der Waals surface area contributed by atoms with Crippen molar-refractivity contribution in [3.8, 4) is 0 Å². The van der Waals surface area contributed by atoms with Gasteiger partial charge in [-0.3, -0.25) is 28.5 Å². The van der Waals surface area contributed by atoms with Gasteiger partial charge < -0.3 is 25.3 Å². The molecule has 0 bridgehead atoms. The van der Waals surface area contributed by atoms with Crippen LogP contribution in [-0.4, -0.2) is 100 Å². The second-order valence-electron chi connectivity index (χ2n) is 19.4. The Hall–Kier alpha value is -4.92. The average Bonchev–Trinajstić information content (AvgIpc) is 4.23. The standard InChI is InChI=1S/C26H32N3O.C14H22N2.C12H12NO2.C7H6N4O.2Y/c1-20-8-9-25-24(16-20)23(19-28(25)2)17-26(30)27-13-10-21-11-14-29(15-12-21)18-22-6-4-3-5-7-22;15-9-6-13-7-10-16(11-8-13)12-14-4-2-1-3-5-14;1-8-3-4-11-10(5-8)9(6-12(14)15)7-13(11)2;12-7(10-3-1-8-5-10)11-4-2-9-6-11;;/h3-9,16,21H,10-15,17-18H2,1-2H3,(H,27,30);1-5,13H,6-12,15H2;3-5H,6H2,1-2H3,(H,14,15);1-6H;;/q-1;;-1;;;. The van der Waals surface area contributed by atoms with Crippen LogP contribution in [0.4, 0.5) is 4.79 Å². The smallest absolute Gasteiger partial charge is 0.338 e. The number of carboxylic acid groups (broad SMARTS) is 1. The topological polar surface area (TPSA) is 161 Å². The summed E-state index contributed by atoms with van der Waals surface area (Å²) >= 11 is 0. The molecule has 0 unspecified atom stereocenters. The van der Waals surface area contributed by atoms with Gasteiger partial charge in [-0.25, -0.2) is 14.8 Å². The van der Waals surface area contributed by atoms with Gasteiger partial charge in [0.25, 0.3) is 0 Å². The van der Waals surface area contributed by atoms with Crippen LogP contribution >= 0.6 is 0 Å². The maximum atomic E-state index is 12.5. The fourth-order valence-corrected chi connectivity index (χ4v) is 9.74. The van der Waals surface area contributed by atoms with Crippen molar-refractivity contribution in [3.05, 3.63) is 180 Å². The van der Waals surface area contributed by atoms with Crippen molar-refractivity contribution < 1.29 is 84.9 Å². The van der Waals surface area contributed by atoms with Gasteiger partial charge in [-0.2, -0.15) is 10.8 Å². The van der Waals surface area contributed by atoms with E-state index in [4.69, 9.17) is 10.8 Å². The predicted molar refractivity (Wildman–Crippen MR) is 289 cm³/mol. The van der Waals surface area contributed by atoms with Gasteiger partial charge in [-0.05, 0) is 122 Å². The summed E-state index contributed by atoms with van der Waals surface area (Å²) in [7, 11) is 3.87. The summed E-state index contributed by atoms with van der Waals surface area (Å²) in [6.45, 7) is 12.6. The van der Waals surface area contributed by atoms with Crippen molar-refractivity contribution in [1.29, 1.82) is 0 Å². The Morgan fingerprint density at radius 1 is 0.640 bits per heavy atom. The van der Waals surface area contributed by atoms with E-state index in [1.54, 1.807) is 24.8 Å². The number of benzene rings is 4. The number of carbonyl (C=O) groups is 3. The summed E-state index contributed by atoms with van der Waals surface area (Å²) in [6.07, 6.45) is 23.3. The van der Waals surface area contributed by atoms with Gasteiger partial charge in [-0.15, -0.1) is 58.8 Å². The number of fused-ring (bicyclic) bond motifs is 2. The quantitative estimate of drug-likeness (QED) is 0.0958. The van der Waals surface area contributed by atoms with Crippen LogP contribution in [0.3, 0.4) is 0 Å². The average molecular weight is 1160 g/mol. The second-order valence-corrected chi connectivity index (χ2v) is 19.4. The molecule has 2 aliphatic heterocycles. The van der Waals surface area contributed by atoms with E-state index >= 15 is 0 Å². The van der Waals surface area contributed by atoms with Crippen molar-refractivity contribution in [2.75, 3.05) is 39.3 Å². The van der Waals surface area contributed by atoms with Crippen LogP contribution in [0.2, 0.25) is 0 Å². The third-order valence-electron chi connectivity index (χ3n) is 13.8. The normalized spacial score (nSPS) is 14.0. The Morgan fingerprint density at radius 3 is 1.49 bits per heavy atom. The van der Waals surface area contributed by atoms with Gasteiger partial charge in [0.15, 0.2) is 0 Å². The number of aromatic nitrogens is 6. The maximum Gasteiger partial charge on any atom is 0.338 e. The molecule has 0 atom stereocenters. The second kappa shape index (κ2) is 31.3. The fourth-order valence-electron chi connectivity index (χ4n) is 9.74. The predicted octanol–water partition coefficient (Wildman–Crippen LogP) is 9.00. The van der Waals surface area contributed by atoms with Crippen molar-refractivity contribution in [3.63, 3.8) is 0 Å². The van der Waals surface area contributed by atoms with Gasteiger partial charge in [0.05, 0.1) is 0 Å². The van der Waals surface area contributed by atoms with Crippen LogP contribution in [0.1, 0.15) is 71.9 Å². The number of amides is 1. The van der Waals surface area contributed by atoms with Crippen LogP contribution in [0.5, 0.6) is 0 Å². The number of aryl methyl sites for hydroxylation is 4. The molecule has 0 aliphatic carbocycles. The van der Waals surface area contributed by atoms with Gasteiger partial charge in [0, 0.05) is 123 Å². The van der Waals surface area contributed by atoms with Crippen LogP contribution in [0.15, 0.2) is 135 Å². The molecule has 10 rings (SSSR count). The first-order valence-corrected chi connectivity index (χ1v) is 25.6. The summed E-state index contributed by atoms with van der Waals surface area (Å²) in [5.41, 5.74) is 14.7. The zero-order valence-electron chi connectivity index (χ0n) is 44.2. The maximum absolute atomic E-state index is 12.5. The number of hydrogen-bond acceptors (Lipinski definition) is 8. The number of rotatable bonds is 13. The van der Waals surface area contributed by atoms with Crippen molar-refractivity contribution in [2.45, 2.75) is 78.3 Å². The molecule has 4 aromatic carbocycles. The molecule has 16 heteroatoms. The summed E-state index contributed by atoms with van der Waals surface area (Å²) in [6, 6.07) is 33.6. The van der Waals surface area contributed by atoms with Gasteiger partial charge >= 0.3 is 12.0 Å². The number of nitrogens with one attached hydrogen (secondary N) is 1. The molecule has 2 saturated heterocycles. The number of nitrogens with zero attached hydrogens (tertiary/aromatic N) is 8. The number of carboxylic acids is 1. The molecule has 0 saturated carbocycles. The monoisotopic (exact) mass is 1160 g/mol. The van der Waals surface area contributed by atoms with Crippen LogP contribution in [0, 0.1) is 38.1 Å². The molecule has 8 aromatic rings. The van der Waals surface area contributed by atoms with Crippen LogP contribution in [-0.2, 0) is 115 Å². The molecule has 2 fully saturated rings. The fraction of sp³-hybridized carbons (Fsp3) is 0.373. The molecule has 4 N–H and O–H groups in total. The van der Waals surface area contributed by atoms with Crippen molar-refractivity contribution in [1.82, 2.24) is 43.4 Å². The van der Waals surface area contributed by atoms with Gasteiger partial charge in [0.1, 0.15) is 12.7 Å². The van der Waals surface area contributed by atoms with E-state index in [1.807, 2.05) is 48.4 Å². The van der Waals surface area contributed by atoms with E-state index < -0.39 is 5.97 Å². The Bertz CT molecular complexity index is 2910. The minimum absolute atomic E-state index is 0. The van der Waals surface area contributed by atoms with E-state index in [1.165, 1.54) is 83.7 Å². The number of hydrogen-bond donors (Lipinski definition) is 3. The molecule has 75 heavy (non-hydrogen) atoms. The summed E-state index contributed by atoms with van der Waals surface area (Å²) in [5.74, 6) is 0.864. The number of carbonyl (C=O) groups excluding carboxylic acids is 2. The van der Waals surface area contributed by atoms with E-state index in [0.29, 0.717) is 12.3 Å². The number of likely N-dealkylation sites (tertiary alicyclic amines) is 2. The van der Waals surface area contributed by atoms with Gasteiger partial charge in [0.2, 0.25) is 5.91 Å². The molecule has 1 amide bonds. The molecule has 6 heterocycles. The summed E-state index contributed by atoms with van der Waals surface area (Å²) in [4.78, 5) is 47.2.